The molecule has 1 nitrogen and oxygen atoms in total. The fraction of sp³-hybridized carbons (Fsp3) is 0.143. The number of ether oxygens (including phenoxy) is 1. The van der Waals surface area contributed by atoms with Gasteiger partial charge < -0.3 is 4.74 Å². The van der Waals surface area contributed by atoms with Crippen LogP contribution in [0.25, 0.3) is 0 Å². The number of halogens is 9. The van der Waals surface area contributed by atoms with Crippen molar-refractivity contribution in [1.82, 2.24) is 0 Å². The Morgan fingerprint density at radius 1 is 0.531 bits per heavy atom. The Labute approximate surface area is 176 Å². The summed E-state index contributed by atoms with van der Waals surface area (Å²) in [4.78, 5) is 0. The zero-order valence-corrected chi connectivity index (χ0v) is 16.6. The van der Waals surface area contributed by atoms with E-state index in [0.717, 1.165) is 21.0 Å². The summed E-state index contributed by atoms with van der Waals surface area (Å²) in [6.07, 6.45) is 0. The second-order valence-electron chi connectivity index (χ2n) is 6.97. The molecule has 0 aromatic heterocycles. The fourth-order valence-corrected chi connectivity index (χ4v) is 3.42. The Hall–Kier alpha value is -3.11. The second kappa shape index (κ2) is 8.44. The predicted octanol–water partition coefficient (Wildman–Crippen LogP) is 4.08. The molecular weight excluding hydrogens is 450 g/mol. The third kappa shape index (κ3) is 3.59. The van der Waals surface area contributed by atoms with Gasteiger partial charge in [0.2, 0.25) is 0 Å². The molecule has 0 bridgehead atoms. The summed E-state index contributed by atoms with van der Waals surface area (Å²) >= 11 is 0. The van der Waals surface area contributed by atoms with E-state index in [4.69, 9.17) is 0 Å². The molecule has 11 heteroatoms. The molecule has 0 aliphatic carbocycles. The summed E-state index contributed by atoms with van der Waals surface area (Å²) in [5.74, 6) is -17.4. The SMILES string of the molecule is COc1cc(F)c(F)c(B(c2c(F)cc(C)c(F)c2F)c2c(F)cc(C)c(F)c2F)c1F. The molecular formula is C21H12BF9O. The maximum atomic E-state index is 15.0. The molecule has 32 heavy (non-hydrogen) atoms. The van der Waals surface area contributed by atoms with Crippen LogP contribution in [0.5, 0.6) is 5.75 Å². The largest absolute Gasteiger partial charge is 0.494 e. The molecule has 0 N–H and O–H groups in total. The molecule has 0 saturated heterocycles. The van der Waals surface area contributed by atoms with E-state index in [-0.39, 0.29) is 6.07 Å². The Balaban J connectivity index is 2.58. The highest BCUT2D eigenvalue weighted by Crippen LogP contribution is 2.23. The van der Waals surface area contributed by atoms with Gasteiger partial charge in [0.05, 0.1) is 7.11 Å². The van der Waals surface area contributed by atoms with E-state index in [0.29, 0.717) is 12.1 Å². The van der Waals surface area contributed by atoms with Crippen molar-refractivity contribution >= 4 is 23.1 Å². The molecule has 3 aromatic carbocycles. The minimum atomic E-state index is -2.80. The van der Waals surface area contributed by atoms with Crippen LogP contribution in [0, 0.1) is 66.2 Å². The first-order chi connectivity index (χ1) is 14.9. The lowest BCUT2D eigenvalue weighted by Crippen LogP contribution is -2.59. The van der Waals surface area contributed by atoms with Crippen molar-refractivity contribution in [3.8, 4) is 5.75 Å². The normalized spacial score (nSPS) is 11.1. The van der Waals surface area contributed by atoms with Crippen LogP contribution in [-0.2, 0) is 0 Å². The van der Waals surface area contributed by atoms with Gasteiger partial charge in [-0.3, -0.25) is 0 Å². The first-order valence-electron chi connectivity index (χ1n) is 8.91. The summed E-state index contributed by atoms with van der Waals surface area (Å²) in [6, 6.07) is 1.07. The van der Waals surface area contributed by atoms with Gasteiger partial charge in [0, 0.05) is 22.5 Å². The summed E-state index contributed by atoms with van der Waals surface area (Å²) in [5, 5.41) is 0. The maximum Gasteiger partial charge on any atom is 0.264 e. The van der Waals surface area contributed by atoms with Crippen LogP contribution in [0.2, 0.25) is 0 Å². The van der Waals surface area contributed by atoms with Gasteiger partial charge in [0.15, 0.2) is 46.5 Å². The Morgan fingerprint density at radius 2 is 0.969 bits per heavy atom. The summed E-state index contributed by atoms with van der Waals surface area (Å²) < 4.78 is 136. The molecule has 3 rings (SSSR count). The Kier molecular flexibility index (Phi) is 6.21. The molecule has 3 aromatic rings. The van der Waals surface area contributed by atoms with Gasteiger partial charge in [-0.15, -0.1) is 0 Å². The van der Waals surface area contributed by atoms with Crippen molar-refractivity contribution < 1.29 is 44.3 Å². The fourth-order valence-electron chi connectivity index (χ4n) is 3.42. The molecule has 0 fully saturated rings. The van der Waals surface area contributed by atoms with Crippen LogP contribution in [0.15, 0.2) is 18.2 Å². The van der Waals surface area contributed by atoms with E-state index in [1.807, 2.05) is 0 Å². The van der Waals surface area contributed by atoms with Gasteiger partial charge in [-0.2, -0.15) is 0 Å². The van der Waals surface area contributed by atoms with Crippen molar-refractivity contribution in [2.24, 2.45) is 0 Å². The number of rotatable bonds is 4. The molecule has 0 atom stereocenters. The van der Waals surface area contributed by atoms with Crippen LogP contribution >= 0.6 is 0 Å². The Morgan fingerprint density at radius 3 is 1.38 bits per heavy atom. The number of methoxy groups -OCH3 is 1. The highest BCUT2D eigenvalue weighted by molar-refractivity contribution is 6.95. The van der Waals surface area contributed by atoms with Crippen molar-refractivity contribution in [2.45, 2.75) is 13.8 Å². The zero-order valence-electron chi connectivity index (χ0n) is 16.6. The van der Waals surface area contributed by atoms with Gasteiger partial charge in [0.1, 0.15) is 11.6 Å². The molecule has 0 heterocycles. The zero-order chi connectivity index (χ0) is 24.1. The molecule has 0 aliphatic rings. The molecule has 0 aliphatic heterocycles. The van der Waals surface area contributed by atoms with Crippen molar-refractivity contribution in [1.29, 1.82) is 0 Å². The van der Waals surface area contributed by atoms with E-state index in [1.165, 1.54) is 0 Å². The quantitative estimate of drug-likeness (QED) is 0.323. The average Bonchev–Trinajstić information content (AvgIpc) is 2.72. The third-order valence-corrected chi connectivity index (χ3v) is 4.99. The molecule has 0 amide bonds. The predicted molar refractivity (Wildman–Crippen MR) is 99.6 cm³/mol. The van der Waals surface area contributed by atoms with Crippen LogP contribution in [0.3, 0.4) is 0 Å². The van der Waals surface area contributed by atoms with Gasteiger partial charge in [-0.1, -0.05) is 0 Å². The molecule has 0 spiro atoms. The molecule has 168 valence electrons. The minimum Gasteiger partial charge on any atom is -0.494 e. The van der Waals surface area contributed by atoms with Gasteiger partial charge in [-0.25, -0.2) is 39.5 Å². The standard InChI is InChI=1S/C21H12BF9O/c1-7-4-9(23)13(20(30)16(7)26)22(14-10(24)5-8(2)17(27)21(14)31)15-18(28)11(25)6-12(32-3)19(15)29/h4-6H,1-3H3. The highest BCUT2D eigenvalue weighted by atomic mass is 19.2. The average molecular weight is 462 g/mol. The smallest absolute Gasteiger partial charge is 0.264 e. The number of hydrogen-bond acceptors (Lipinski definition) is 1. The van der Waals surface area contributed by atoms with Crippen LogP contribution < -0.4 is 21.1 Å². The van der Waals surface area contributed by atoms with E-state index in [9.17, 15) is 35.1 Å². The lowest BCUT2D eigenvalue weighted by Gasteiger charge is -2.21. The van der Waals surface area contributed by atoms with Crippen LogP contribution in [0.4, 0.5) is 39.5 Å². The molecule has 0 unspecified atom stereocenters. The molecule has 0 saturated carbocycles. The van der Waals surface area contributed by atoms with Crippen LogP contribution in [-0.4, -0.2) is 13.8 Å². The topological polar surface area (TPSA) is 9.23 Å². The lowest BCUT2D eigenvalue weighted by molar-refractivity contribution is 0.379. The second-order valence-corrected chi connectivity index (χ2v) is 6.97. The van der Waals surface area contributed by atoms with Gasteiger partial charge in [-0.05, 0) is 37.1 Å². The van der Waals surface area contributed by atoms with Crippen LogP contribution in [0.1, 0.15) is 11.1 Å². The molecule has 0 radical (unpaired) electrons. The highest BCUT2D eigenvalue weighted by Gasteiger charge is 2.41. The Bertz CT molecular complexity index is 1180. The first-order valence-corrected chi connectivity index (χ1v) is 8.91. The van der Waals surface area contributed by atoms with Gasteiger partial charge >= 0.3 is 0 Å². The van der Waals surface area contributed by atoms with Gasteiger partial charge in [0.25, 0.3) is 6.71 Å². The van der Waals surface area contributed by atoms with E-state index < -0.39 is 92.3 Å². The van der Waals surface area contributed by atoms with E-state index in [1.54, 1.807) is 0 Å². The summed E-state index contributed by atoms with van der Waals surface area (Å²) in [6.45, 7) is -0.886. The van der Waals surface area contributed by atoms with E-state index in [2.05, 4.69) is 4.74 Å². The number of hydrogen-bond donors (Lipinski definition) is 0. The number of aryl methyl sites for hydroxylation is 2. The lowest BCUT2D eigenvalue weighted by atomic mass is 9.36. The summed E-state index contributed by atoms with van der Waals surface area (Å²) in [7, 11) is 0.841. The van der Waals surface area contributed by atoms with E-state index >= 15 is 4.39 Å². The number of benzene rings is 3. The minimum absolute atomic E-state index is 0.246. The van der Waals surface area contributed by atoms with Crippen molar-refractivity contribution in [3.63, 3.8) is 0 Å². The third-order valence-electron chi connectivity index (χ3n) is 4.99. The summed E-state index contributed by atoms with van der Waals surface area (Å²) in [5.41, 5.74) is -5.87. The van der Waals surface area contributed by atoms with Crippen molar-refractivity contribution in [2.75, 3.05) is 7.11 Å². The monoisotopic (exact) mass is 462 g/mol. The van der Waals surface area contributed by atoms with Crippen molar-refractivity contribution in [3.05, 3.63) is 81.7 Å². The first kappa shape index (κ1) is 23.6. The maximum absolute atomic E-state index is 15.0.